The van der Waals surface area contributed by atoms with Crippen molar-refractivity contribution in [3.8, 4) is 11.5 Å². The second-order valence-electron chi connectivity index (χ2n) is 15.2. The zero-order chi connectivity index (χ0) is 38.9. The van der Waals surface area contributed by atoms with Gasteiger partial charge in [-0.15, -0.1) is 0 Å². The van der Waals surface area contributed by atoms with Crippen LogP contribution in [0.15, 0.2) is 82.6 Å². The molecule has 3 aliphatic rings. The van der Waals surface area contributed by atoms with Gasteiger partial charge >= 0.3 is 12.2 Å². The number of methoxy groups -OCH3 is 1. The van der Waals surface area contributed by atoms with Gasteiger partial charge in [0.15, 0.2) is 0 Å². The number of carbonyl (C=O) groups excluding carboxylic acids is 4. The molecule has 4 heterocycles. The molecule has 2 saturated heterocycles. The molecule has 1 aliphatic carbocycles. The molecule has 1 unspecified atom stereocenters. The minimum Gasteiger partial charge on any atom is -0.453 e. The van der Waals surface area contributed by atoms with E-state index in [0.29, 0.717) is 55.4 Å². The van der Waals surface area contributed by atoms with Gasteiger partial charge in [-0.05, 0) is 82.7 Å². The number of aromatic nitrogens is 3. The number of nitrogens with one attached hydrogen (secondary N) is 3. The third kappa shape index (κ3) is 8.13. The number of nitrogens with zero attached hydrogens (tertiary/aromatic N) is 4. The number of oxazole rings is 1. The zero-order valence-corrected chi connectivity index (χ0v) is 31.8. The number of H-pyrrole nitrogens is 1. The molecule has 3 N–H and O–H groups in total. The number of fused-ring (bicyclic) bond motifs is 1. The van der Waals surface area contributed by atoms with E-state index in [0.717, 1.165) is 40.7 Å². The van der Waals surface area contributed by atoms with E-state index in [2.05, 4.69) is 20.6 Å². The molecule has 0 saturated carbocycles. The van der Waals surface area contributed by atoms with Crippen LogP contribution in [0, 0.1) is 0 Å². The quantitative estimate of drug-likeness (QED) is 0.175. The Hall–Kier alpha value is -5.92. The van der Waals surface area contributed by atoms with Crippen LogP contribution >= 0.6 is 0 Å². The largest absolute Gasteiger partial charge is 0.453 e. The van der Waals surface area contributed by atoms with Gasteiger partial charge in [0.25, 0.3) is 5.91 Å². The van der Waals surface area contributed by atoms with Gasteiger partial charge in [0.05, 0.1) is 30.4 Å². The van der Waals surface area contributed by atoms with Crippen molar-refractivity contribution in [3.63, 3.8) is 0 Å². The molecule has 0 bridgehead atoms. The lowest BCUT2D eigenvalue weighted by molar-refractivity contribution is -0.139. The summed E-state index contributed by atoms with van der Waals surface area (Å²) in [6.45, 7) is 8.52. The summed E-state index contributed by atoms with van der Waals surface area (Å²) in [5, 5.41) is 5.74. The van der Waals surface area contributed by atoms with Crippen LogP contribution in [0.5, 0.6) is 0 Å². The normalized spacial score (nSPS) is 20.5. The topological polar surface area (TPSA) is 172 Å². The van der Waals surface area contributed by atoms with Crippen LogP contribution in [0.1, 0.15) is 94.9 Å². The number of imidazole rings is 1. The van der Waals surface area contributed by atoms with E-state index in [9.17, 15) is 19.2 Å². The molecular formula is C41H47N7O7. The van der Waals surface area contributed by atoms with Gasteiger partial charge in [0.1, 0.15) is 29.3 Å². The predicted octanol–water partition coefficient (Wildman–Crippen LogP) is 6.81. The summed E-state index contributed by atoms with van der Waals surface area (Å²) in [7, 11) is 1.24. The molecule has 14 heteroatoms. The van der Waals surface area contributed by atoms with Crippen molar-refractivity contribution in [2.24, 2.45) is 0 Å². The van der Waals surface area contributed by atoms with Crippen LogP contribution in [-0.2, 0) is 19.1 Å². The second-order valence-corrected chi connectivity index (χ2v) is 15.2. The van der Waals surface area contributed by atoms with Crippen molar-refractivity contribution < 1.29 is 33.1 Å². The highest BCUT2D eigenvalue weighted by Crippen LogP contribution is 2.36. The van der Waals surface area contributed by atoms with E-state index >= 15 is 0 Å². The highest BCUT2D eigenvalue weighted by atomic mass is 16.6. The molecule has 0 radical (unpaired) electrons. The Bertz CT molecular complexity index is 2150. The summed E-state index contributed by atoms with van der Waals surface area (Å²) in [6.07, 6.45) is 7.90. The number of carbonyl (C=O) groups is 4. The Labute approximate surface area is 319 Å². The van der Waals surface area contributed by atoms with Crippen LogP contribution in [0.2, 0.25) is 0 Å². The number of hydrogen-bond acceptors (Lipinski definition) is 9. The summed E-state index contributed by atoms with van der Waals surface area (Å²) in [4.78, 5) is 68.9. The van der Waals surface area contributed by atoms with Crippen LogP contribution in [-0.4, -0.2) is 80.6 Å². The van der Waals surface area contributed by atoms with Gasteiger partial charge in [-0.25, -0.2) is 19.6 Å². The van der Waals surface area contributed by atoms with Crippen LogP contribution in [0.25, 0.3) is 22.5 Å². The van der Waals surface area contributed by atoms with Crippen molar-refractivity contribution in [1.82, 2.24) is 35.4 Å². The average molecular weight is 750 g/mol. The maximum Gasteiger partial charge on any atom is 0.410 e. The summed E-state index contributed by atoms with van der Waals surface area (Å²) in [5.74, 6) is 0.958. The molecule has 288 valence electrons. The Balaban J connectivity index is 1.02. The molecular weight excluding hydrogens is 702 g/mol. The van der Waals surface area contributed by atoms with Gasteiger partial charge < -0.3 is 34.4 Å². The number of benzene rings is 2. The summed E-state index contributed by atoms with van der Waals surface area (Å²) in [5.41, 5.74) is 3.99. The van der Waals surface area contributed by atoms with E-state index in [1.807, 2.05) is 64.1 Å². The smallest absolute Gasteiger partial charge is 0.410 e. The fourth-order valence-corrected chi connectivity index (χ4v) is 7.46. The van der Waals surface area contributed by atoms with E-state index < -0.39 is 23.8 Å². The summed E-state index contributed by atoms with van der Waals surface area (Å²) >= 11 is 0. The number of amides is 4. The standard InChI is InChI=1S/C41H47N7O7/c1-24-15-16-26(21-29(24)45-36(49)32-14-10-19-47(32)38(50)34(46-39(51)53-5)25-11-7-6-8-12-25)33-23-42-37(54-33)27-17-18-28-30(22-27)44-35(43-28)31-13-9-20-48(31)40(52)55-41(2,3)4/h6-8,11-12,15-18,22-23,26,31-32,34H,9-10,13-14,19-21H2,1-5H3,(H,43,44)(H,45,49)(H,46,51)/t26?,31-,32-,34+/m0/s1. The molecule has 4 aromatic rings. The molecule has 2 aliphatic heterocycles. The summed E-state index contributed by atoms with van der Waals surface area (Å²) in [6, 6.07) is 12.8. The fraction of sp³-hybridized carbons (Fsp3) is 0.415. The first kappa shape index (κ1) is 37.4. The molecule has 2 aromatic carbocycles. The lowest BCUT2D eigenvalue weighted by Crippen LogP contribution is -2.50. The number of aromatic amines is 1. The predicted molar refractivity (Wildman–Crippen MR) is 203 cm³/mol. The molecule has 2 aromatic heterocycles. The molecule has 4 amide bonds. The molecule has 14 nitrogen and oxygen atoms in total. The lowest BCUT2D eigenvalue weighted by atomic mass is 9.92. The SMILES string of the molecule is COC(=O)N[C@@H](C(=O)N1CCC[C@H]1C(=O)NC1=C(C)C=CC(c2cnc(-c3ccc4[nH]c([C@@H]5CCCN5C(=O)OC(C)(C)C)nc4c3)o2)C1)c1ccccc1. The van der Waals surface area contributed by atoms with Gasteiger partial charge in [0.2, 0.25) is 11.8 Å². The number of alkyl carbamates (subject to hydrolysis) is 1. The highest BCUT2D eigenvalue weighted by Gasteiger charge is 2.39. The van der Waals surface area contributed by atoms with Crippen molar-refractivity contribution >= 4 is 35.0 Å². The van der Waals surface area contributed by atoms with Gasteiger partial charge in [-0.1, -0.05) is 42.5 Å². The molecule has 7 rings (SSSR count). The fourth-order valence-electron chi connectivity index (χ4n) is 7.46. The number of ether oxygens (including phenoxy) is 2. The number of allylic oxidation sites excluding steroid dienone is 4. The minimum atomic E-state index is -0.997. The first-order valence-electron chi connectivity index (χ1n) is 18.7. The van der Waals surface area contributed by atoms with E-state index in [4.69, 9.17) is 18.9 Å². The minimum absolute atomic E-state index is 0.185. The molecule has 2 fully saturated rings. The van der Waals surface area contributed by atoms with Gasteiger partial charge in [0, 0.05) is 36.7 Å². The Morgan fingerprint density at radius 2 is 1.78 bits per heavy atom. The van der Waals surface area contributed by atoms with E-state index in [-0.39, 0.29) is 29.9 Å². The lowest BCUT2D eigenvalue weighted by Gasteiger charge is -2.29. The van der Waals surface area contributed by atoms with Gasteiger partial charge in [-0.3, -0.25) is 14.5 Å². The average Bonchev–Trinajstić information content (AvgIpc) is 4.00. The highest BCUT2D eigenvalue weighted by molar-refractivity contribution is 5.93. The van der Waals surface area contributed by atoms with Crippen molar-refractivity contribution in [1.29, 1.82) is 0 Å². The number of rotatable bonds is 8. The summed E-state index contributed by atoms with van der Waals surface area (Å²) < 4.78 is 16.7. The molecule has 55 heavy (non-hydrogen) atoms. The van der Waals surface area contributed by atoms with E-state index in [1.165, 1.54) is 7.11 Å². The van der Waals surface area contributed by atoms with E-state index in [1.54, 1.807) is 40.3 Å². The van der Waals surface area contributed by atoms with Crippen molar-refractivity contribution in [2.45, 2.75) is 89.4 Å². The Kier molecular flexibility index (Phi) is 10.5. The van der Waals surface area contributed by atoms with Crippen molar-refractivity contribution in [3.05, 3.63) is 95.3 Å². The number of hydrogen-bond donors (Lipinski definition) is 3. The van der Waals surface area contributed by atoms with Gasteiger partial charge in [-0.2, -0.15) is 0 Å². The maximum absolute atomic E-state index is 13.8. The zero-order valence-electron chi connectivity index (χ0n) is 31.8. The monoisotopic (exact) mass is 749 g/mol. The maximum atomic E-state index is 13.8. The molecule has 0 spiro atoms. The Morgan fingerprint density at radius 1 is 1.02 bits per heavy atom. The van der Waals surface area contributed by atoms with Crippen LogP contribution < -0.4 is 10.6 Å². The first-order chi connectivity index (χ1) is 26.4. The third-order valence-electron chi connectivity index (χ3n) is 10.3. The first-order valence-corrected chi connectivity index (χ1v) is 18.7. The Morgan fingerprint density at radius 3 is 2.55 bits per heavy atom. The molecule has 4 atom stereocenters. The van der Waals surface area contributed by atoms with Crippen LogP contribution in [0.3, 0.4) is 0 Å². The third-order valence-corrected chi connectivity index (χ3v) is 10.3. The second kappa shape index (κ2) is 15.4. The number of likely N-dealkylation sites (tertiary alicyclic amines) is 2. The van der Waals surface area contributed by atoms with Crippen molar-refractivity contribution in [2.75, 3.05) is 20.2 Å². The van der Waals surface area contributed by atoms with Crippen LogP contribution in [0.4, 0.5) is 9.59 Å².